The van der Waals surface area contributed by atoms with Crippen LogP contribution in [0.5, 0.6) is 5.75 Å². The Morgan fingerprint density at radius 1 is 0.923 bits per heavy atom. The molecule has 4 rings (SSSR count). The van der Waals surface area contributed by atoms with Crippen LogP contribution >= 0.6 is 0 Å². The number of hydrogen-bond acceptors (Lipinski definition) is 8. The second kappa shape index (κ2) is 10.7. The van der Waals surface area contributed by atoms with Crippen molar-refractivity contribution in [3.05, 3.63) is 65.4 Å². The Bertz CT molecular complexity index is 1700. The lowest BCUT2D eigenvalue weighted by molar-refractivity contribution is -0.115. The van der Waals surface area contributed by atoms with Crippen molar-refractivity contribution in [1.29, 1.82) is 5.26 Å². The second-order valence-electron chi connectivity index (χ2n) is 8.33. The summed E-state index contributed by atoms with van der Waals surface area (Å²) in [6.45, 7) is 2.69. The van der Waals surface area contributed by atoms with Crippen LogP contribution in [0.4, 0.5) is 17.1 Å². The van der Waals surface area contributed by atoms with E-state index in [-0.39, 0.29) is 45.3 Å². The number of fused-ring (bicyclic) bond motifs is 1. The molecular weight excluding hydrogens is 506 g/mol. The highest BCUT2D eigenvalue weighted by Gasteiger charge is 2.23. The molecule has 4 N–H and O–H groups in total. The number of rotatable bonds is 7. The van der Waals surface area contributed by atoms with Crippen molar-refractivity contribution in [1.82, 2.24) is 5.16 Å². The molecule has 0 spiro atoms. The lowest BCUT2D eigenvalue weighted by atomic mass is 9.99. The summed E-state index contributed by atoms with van der Waals surface area (Å²) in [5.74, 6) is -2.34. The Balaban J connectivity index is 1.85. The van der Waals surface area contributed by atoms with Crippen molar-refractivity contribution >= 4 is 51.7 Å². The predicted molar refractivity (Wildman–Crippen MR) is 141 cm³/mol. The Kier molecular flexibility index (Phi) is 7.26. The van der Waals surface area contributed by atoms with Gasteiger partial charge in [-0.05, 0) is 42.5 Å². The fraction of sp³-hybridized carbons (Fsp3) is 0.111. The molecule has 4 aromatic rings. The molecule has 0 radical (unpaired) electrons. The van der Waals surface area contributed by atoms with Gasteiger partial charge in [0.15, 0.2) is 11.3 Å². The first-order valence-electron chi connectivity index (χ1n) is 11.4. The SMILES string of the molecule is COc1ccc(NC(C)=O)cc1-c1cc2c(C(=O)Nc3ccc(C#N)cc3C(=O)O)noc2cc1NC(C)=O. The highest BCUT2D eigenvalue weighted by atomic mass is 16.5. The van der Waals surface area contributed by atoms with Gasteiger partial charge in [0.25, 0.3) is 5.91 Å². The molecule has 3 aromatic carbocycles. The number of methoxy groups -OCH3 is 1. The van der Waals surface area contributed by atoms with E-state index in [4.69, 9.17) is 14.5 Å². The van der Waals surface area contributed by atoms with Crippen LogP contribution in [0.15, 0.2) is 53.1 Å². The minimum atomic E-state index is -1.33. The number of nitriles is 1. The zero-order chi connectivity index (χ0) is 28.3. The van der Waals surface area contributed by atoms with E-state index in [1.807, 2.05) is 6.07 Å². The largest absolute Gasteiger partial charge is 0.496 e. The summed E-state index contributed by atoms with van der Waals surface area (Å²) in [5.41, 5.74) is 1.54. The van der Waals surface area contributed by atoms with Gasteiger partial charge in [0, 0.05) is 36.7 Å². The van der Waals surface area contributed by atoms with E-state index < -0.39 is 11.9 Å². The molecule has 0 unspecified atom stereocenters. The molecule has 12 nitrogen and oxygen atoms in total. The minimum absolute atomic E-state index is 0.0394. The van der Waals surface area contributed by atoms with Crippen molar-refractivity contribution in [2.45, 2.75) is 13.8 Å². The molecular formula is C27H21N5O7. The van der Waals surface area contributed by atoms with Gasteiger partial charge in [-0.25, -0.2) is 4.79 Å². The van der Waals surface area contributed by atoms with Gasteiger partial charge in [0.1, 0.15) is 5.75 Å². The average molecular weight is 527 g/mol. The van der Waals surface area contributed by atoms with Gasteiger partial charge >= 0.3 is 5.97 Å². The number of carboxylic acid groups (broad SMARTS) is 1. The first-order chi connectivity index (χ1) is 18.6. The number of amides is 3. The number of aromatic carboxylic acids is 1. The van der Waals surface area contributed by atoms with Gasteiger partial charge in [0.2, 0.25) is 11.8 Å². The molecule has 1 aromatic heterocycles. The third-order valence-corrected chi connectivity index (χ3v) is 5.57. The maximum Gasteiger partial charge on any atom is 0.337 e. The quantitative estimate of drug-likeness (QED) is 0.273. The summed E-state index contributed by atoms with van der Waals surface area (Å²) in [4.78, 5) is 48.5. The molecule has 196 valence electrons. The molecule has 39 heavy (non-hydrogen) atoms. The Morgan fingerprint density at radius 2 is 1.67 bits per heavy atom. The van der Waals surface area contributed by atoms with Crippen LogP contribution in [-0.4, -0.2) is 41.1 Å². The maximum absolute atomic E-state index is 13.2. The van der Waals surface area contributed by atoms with E-state index in [2.05, 4.69) is 21.1 Å². The van der Waals surface area contributed by atoms with Gasteiger partial charge in [-0.2, -0.15) is 5.26 Å². The van der Waals surface area contributed by atoms with Crippen LogP contribution in [0, 0.1) is 11.3 Å². The van der Waals surface area contributed by atoms with Gasteiger partial charge in [-0.15, -0.1) is 0 Å². The topological polar surface area (TPSA) is 184 Å². The number of ether oxygens (including phenoxy) is 1. The number of carbonyl (C=O) groups is 4. The molecule has 3 amide bonds. The third kappa shape index (κ3) is 5.52. The van der Waals surface area contributed by atoms with E-state index in [1.54, 1.807) is 24.3 Å². The van der Waals surface area contributed by atoms with Crippen LogP contribution in [0.1, 0.15) is 40.3 Å². The summed E-state index contributed by atoms with van der Waals surface area (Å²) in [5, 5.41) is 30.6. The highest BCUT2D eigenvalue weighted by molar-refractivity contribution is 6.14. The molecule has 0 aliphatic heterocycles. The van der Waals surface area contributed by atoms with E-state index in [1.165, 1.54) is 39.2 Å². The predicted octanol–water partition coefficient (Wildman–Crippen LogP) is 4.24. The first kappa shape index (κ1) is 26.4. The molecule has 0 aliphatic carbocycles. The number of aromatic nitrogens is 1. The van der Waals surface area contributed by atoms with Crippen LogP contribution in [0.2, 0.25) is 0 Å². The Labute approximate surface area is 221 Å². The third-order valence-electron chi connectivity index (χ3n) is 5.57. The van der Waals surface area contributed by atoms with Gasteiger partial charge < -0.3 is 30.3 Å². The standard InChI is InChI=1S/C27H21N5O7/c1-13(33)29-16-5-7-23(38-3)18(9-16)17-10-20-24(11-22(17)30-14(2)34)39-32-25(20)26(35)31-21-6-4-15(12-28)8-19(21)27(36)37/h4-11H,1-3H3,(H,29,33)(H,30,34)(H,31,35)(H,36,37). The lowest BCUT2D eigenvalue weighted by Gasteiger charge is -2.15. The number of benzene rings is 3. The van der Waals surface area contributed by atoms with Crippen LogP contribution in [-0.2, 0) is 9.59 Å². The van der Waals surface area contributed by atoms with Gasteiger partial charge in [-0.3, -0.25) is 14.4 Å². The normalized spacial score (nSPS) is 10.4. The van der Waals surface area contributed by atoms with Crippen molar-refractivity contribution < 1.29 is 33.5 Å². The molecule has 1 heterocycles. The zero-order valence-electron chi connectivity index (χ0n) is 20.9. The monoisotopic (exact) mass is 527 g/mol. The number of anilines is 3. The summed E-state index contributed by atoms with van der Waals surface area (Å²) >= 11 is 0. The van der Waals surface area contributed by atoms with Gasteiger partial charge in [0.05, 0.1) is 41.1 Å². The van der Waals surface area contributed by atoms with E-state index >= 15 is 0 Å². The zero-order valence-corrected chi connectivity index (χ0v) is 20.9. The van der Waals surface area contributed by atoms with Crippen molar-refractivity contribution in [3.8, 4) is 22.9 Å². The van der Waals surface area contributed by atoms with E-state index in [0.717, 1.165) is 6.07 Å². The minimum Gasteiger partial charge on any atom is -0.496 e. The second-order valence-corrected chi connectivity index (χ2v) is 8.33. The smallest absolute Gasteiger partial charge is 0.337 e. The van der Waals surface area contributed by atoms with E-state index in [9.17, 15) is 24.3 Å². The molecule has 12 heteroatoms. The molecule has 0 fully saturated rings. The number of hydrogen-bond donors (Lipinski definition) is 4. The van der Waals surface area contributed by atoms with Crippen molar-refractivity contribution in [2.24, 2.45) is 0 Å². The lowest BCUT2D eigenvalue weighted by Crippen LogP contribution is -2.15. The van der Waals surface area contributed by atoms with Crippen molar-refractivity contribution in [3.63, 3.8) is 0 Å². The first-order valence-corrected chi connectivity index (χ1v) is 11.4. The molecule has 0 aliphatic rings. The summed E-state index contributed by atoms with van der Waals surface area (Å²) < 4.78 is 10.9. The van der Waals surface area contributed by atoms with Crippen molar-refractivity contribution in [2.75, 3.05) is 23.1 Å². The number of carboxylic acids is 1. The average Bonchev–Trinajstić information content (AvgIpc) is 3.30. The molecule has 0 saturated heterocycles. The summed E-state index contributed by atoms with van der Waals surface area (Å²) in [6.07, 6.45) is 0. The van der Waals surface area contributed by atoms with Gasteiger partial charge in [-0.1, -0.05) is 5.16 Å². The Hall–Kier alpha value is -5.70. The van der Waals surface area contributed by atoms with Crippen LogP contribution in [0.25, 0.3) is 22.1 Å². The maximum atomic E-state index is 13.2. The van der Waals surface area contributed by atoms with E-state index in [0.29, 0.717) is 28.3 Å². The Morgan fingerprint density at radius 3 is 2.31 bits per heavy atom. The number of carbonyl (C=O) groups excluding carboxylic acids is 3. The number of nitrogens with one attached hydrogen (secondary N) is 3. The highest BCUT2D eigenvalue weighted by Crippen LogP contribution is 2.40. The fourth-order valence-electron chi connectivity index (χ4n) is 3.94. The molecule has 0 atom stereocenters. The summed E-state index contributed by atoms with van der Waals surface area (Å²) in [7, 11) is 1.46. The van der Waals surface area contributed by atoms with Crippen LogP contribution in [0.3, 0.4) is 0 Å². The molecule has 0 bridgehead atoms. The number of nitrogens with zero attached hydrogens (tertiary/aromatic N) is 2. The fourth-order valence-corrected chi connectivity index (χ4v) is 3.94. The summed E-state index contributed by atoms with van der Waals surface area (Å²) in [6, 6.07) is 13.7. The van der Waals surface area contributed by atoms with Crippen LogP contribution < -0.4 is 20.7 Å². The molecule has 0 saturated carbocycles.